The topological polar surface area (TPSA) is 117 Å². The minimum atomic E-state index is -1.17. The number of aliphatic carboxylic acids is 1. The van der Waals surface area contributed by atoms with E-state index in [4.69, 9.17) is 5.11 Å². The van der Waals surface area contributed by atoms with Gasteiger partial charge in [0.15, 0.2) is 11.1 Å². The zero-order valence-corrected chi connectivity index (χ0v) is 13.2. The maximum atomic E-state index is 12.4. The zero-order valence-electron chi connectivity index (χ0n) is 13.2. The lowest BCUT2D eigenvalue weighted by atomic mass is 10.00. The Balaban J connectivity index is 1.87. The highest BCUT2D eigenvalue weighted by atomic mass is 16.4. The lowest BCUT2D eigenvalue weighted by molar-refractivity contribution is -0.135. The fourth-order valence-corrected chi connectivity index (χ4v) is 3.35. The van der Waals surface area contributed by atoms with Gasteiger partial charge in [-0.05, 0) is 18.8 Å². The van der Waals surface area contributed by atoms with Crippen molar-refractivity contribution < 1.29 is 14.7 Å². The third kappa shape index (κ3) is 3.32. The number of carbonyl (C=O) groups is 2. The summed E-state index contributed by atoms with van der Waals surface area (Å²) in [4.78, 5) is 39.1. The number of amides is 1. The van der Waals surface area contributed by atoms with Gasteiger partial charge in [0.1, 0.15) is 18.4 Å². The van der Waals surface area contributed by atoms with Crippen LogP contribution in [0.4, 0.5) is 0 Å². The van der Waals surface area contributed by atoms with Crippen LogP contribution in [0.5, 0.6) is 0 Å². The Morgan fingerprint density at radius 3 is 2.83 bits per heavy atom. The van der Waals surface area contributed by atoms with Gasteiger partial charge in [0.05, 0.1) is 0 Å². The first-order valence-corrected chi connectivity index (χ1v) is 8.14. The SMILES string of the molecule is O=C(O)CNC(=O)c1c(=O)cc(CCC2CCCC2)n2[nH]cnc12. The fraction of sp³-hybridized carbons (Fsp3) is 0.500. The molecular weight excluding hydrogens is 312 g/mol. The molecule has 2 aromatic rings. The Morgan fingerprint density at radius 2 is 2.12 bits per heavy atom. The number of nitrogens with one attached hydrogen (secondary N) is 2. The van der Waals surface area contributed by atoms with Gasteiger partial charge in [0.2, 0.25) is 0 Å². The molecule has 0 spiro atoms. The number of pyridine rings is 1. The van der Waals surface area contributed by atoms with E-state index in [0.717, 1.165) is 18.5 Å². The molecule has 0 bridgehead atoms. The number of aryl methyl sites for hydroxylation is 1. The molecule has 8 heteroatoms. The average molecular weight is 332 g/mol. The highest BCUT2D eigenvalue weighted by Crippen LogP contribution is 2.28. The number of hydrogen-bond donors (Lipinski definition) is 3. The largest absolute Gasteiger partial charge is 0.480 e. The first-order chi connectivity index (χ1) is 11.6. The summed E-state index contributed by atoms with van der Waals surface area (Å²) >= 11 is 0. The molecule has 1 amide bonds. The van der Waals surface area contributed by atoms with Gasteiger partial charge in [0, 0.05) is 11.8 Å². The van der Waals surface area contributed by atoms with Gasteiger partial charge >= 0.3 is 5.97 Å². The van der Waals surface area contributed by atoms with Crippen LogP contribution in [0.1, 0.15) is 48.2 Å². The van der Waals surface area contributed by atoms with Crippen LogP contribution >= 0.6 is 0 Å². The summed E-state index contributed by atoms with van der Waals surface area (Å²) in [6.45, 7) is -0.543. The summed E-state index contributed by atoms with van der Waals surface area (Å²) in [5.74, 6) is -1.21. The van der Waals surface area contributed by atoms with E-state index in [-0.39, 0.29) is 11.2 Å². The molecule has 3 N–H and O–H groups in total. The number of rotatable bonds is 6. The minimum Gasteiger partial charge on any atom is -0.480 e. The molecule has 0 saturated heterocycles. The summed E-state index contributed by atoms with van der Waals surface area (Å²) < 4.78 is 1.63. The molecule has 3 rings (SSSR count). The molecular formula is C16H20N4O4. The van der Waals surface area contributed by atoms with E-state index in [0.29, 0.717) is 5.92 Å². The third-order valence-corrected chi connectivity index (χ3v) is 4.55. The molecule has 0 atom stereocenters. The second-order valence-electron chi connectivity index (χ2n) is 6.19. The molecule has 1 saturated carbocycles. The van der Waals surface area contributed by atoms with Gasteiger partial charge < -0.3 is 10.4 Å². The molecule has 1 aliphatic carbocycles. The quantitative estimate of drug-likeness (QED) is 0.728. The molecule has 24 heavy (non-hydrogen) atoms. The van der Waals surface area contributed by atoms with E-state index in [1.165, 1.54) is 38.1 Å². The van der Waals surface area contributed by atoms with Crippen LogP contribution < -0.4 is 10.7 Å². The van der Waals surface area contributed by atoms with Crippen molar-refractivity contribution in [1.29, 1.82) is 0 Å². The molecule has 0 aliphatic heterocycles. The van der Waals surface area contributed by atoms with E-state index < -0.39 is 23.9 Å². The van der Waals surface area contributed by atoms with E-state index in [1.54, 1.807) is 4.52 Å². The summed E-state index contributed by atoms with van der Waals surface area (Å²) in [6.07, 6.45) is 8.17. The van der Waals surface area contributed by atoms with E-state index in [9.17, 15) is 14.4 Å². The first kappa shape index (κ1) is 16.2. The van der Waals surface area contributed by atoms with Crippen LogP contribution in [-0.4, -0.2) is 38.1 Å². The second kappa shape index (κ2) is 6.86. The Hall–Kier alpha value is -2.64. The van der Waals surface area contributed by atoms with Gasteiger partial charge in [-0.2, -0.15) is 0 Å². The highest BCUT2D eigenvalue weighted by molar-refractivity contribution is 6.00. The first-order valence-electron chi connectivity index (χ1n) is 8.14. The Bertz CT molecular complexity index is 817. The highest BCUT2D eigenvalue weighted by Gasteiger charge is 2.20. The van der Waals surface area contributed by atoms with Gasteiger partial charge in [-0.3, -0.25) is 19.5 Å². The Labute approximate surface area is 137 Å². The van der Waals surface area contributed by atoms with Gasteiger partial charge in [-0.25, -0.2) is 9.50 Å². The Morgan fingerprint density at radius 1 is 1.38 bits per heavy atom. The van der Waals surface area contributed by atoms with Gasteiger partial charge in [-0.15, -0.1) is 0 Å². The van der Waals surface area contributed by atoms with Crippen molar-refractivity contribution >= 4 is 17.5 Å². The molecule has 0 radical (unpaired) electrons. The summed E-state index contributed by atoms with van der Waals surface area (Å²) in [7, 11) is 0. The van der Waals surface area contributed by atoms with Crippen molar-refractivity contribution in [3.05, 3.63) is 33.9 Å². The predicted octanol–water partition coefficient (Wildman–Crippen LogP) is 0.960. The van der Waals surface area contributed by atoms with Crippen LogP contribution in [-0.2, 0) is 11.2 Å². The lowest BCUT2D eigenvalue weighted by Crippen LogP contribution is -2.33. The van der Waals surface area contributed by atoms with Gasteiger partial charge in [0.25, 0.3) is 5.91 Å². The number of H-pyrrole nitrogens is 1. The Kier molecular flexibility index (Phi) is 4.64. The van der Waals surface area contributed by atoms with Crippen molar-refractivity contribution in [2.24, 2.45) is 5.92 Å². The molecule has 0 unspecified atom stereocenters. The zero-order chi connectivity index (χ0) is 17.1. The van der Waals surface area contributed by atoms with Crippen LogP contribution in [0, 0.1) is 5.92 Å². The molecule has 2 aromatic heterocycles. The monoisotopic (exact) mass is 332 g/mol. The smallest absolute Gasteiger partial charge is 0.322 e. The van der Waals surface area contributed by atoms with Crippen molar-refractivity contribution in [2.75, 3.05) is 6.54 Å². The molecule has 0 aromatic carbocycles. The number of fused-ring (bicyclic) bond motifs is 1. The van der Waals surface area contributed by atoms with Crippen molar-refractivity contribution in [2.45, 2.75) is 38.5 Å². The van der Waals surface area contributed by atoms with E-state index in [2.05, 4.69) is 15.4 Å². The van der Waals surface area contributed by atoms with Crippen LogP contribution in [0.3, 0.4) is 0 Å². The lowest BCUT2D eigenvalue weighted by Gasteiger charge is -2.11. The standard InChI is InChI=1S/C16H20N4O4/c21-12-7-11(6-5-10-3-1-2-4-10)20-15(18-9-19-20)14(12)16(24)17-8-13(22)23/h7,9-10H,1-6,8H2,(H,17,24)(H,18,19)(H,22,23). The molecule has 8 nitrogen and oxygen atoms in total. The summed E-state index contributed by atoms with van der Waals surface area (Å²) in [5.41, 5.74) is 0.439. The molecule has 1 aliphatic rings. The maximum absolute atomic E-state index is 12.4. The molecule has 2 heterocycles. The summed E-state index contributed by atoms with van der Waals surface area (Å²) in [6, 6.07) is 1.44. The van der Waals surface area contributed by atoms with Crippen molar-refractivity contribution in [1.82, 2.24) is 19.9 Å². The number of nitrogens with zero attached hydrogens (tertiary/aromatic N) is 2. The predicted molar refractivity (Wildman–Crippen MR) is 86.1 cm³/mol. The van der Waals surface area contributed by atoms with E-state index in [1.807, 2.05) is 0 Å². The number of hydrogen-bond acceptors (Lipinski definition) is 4. The average Bonchev–Trinajstić information content (AvgIpc) is 3.21. The molecule has 128 valence electrons. The second-order valence-corrected chi connectivity index (χ2v) is 6.19. The molecule has 1 fully saturated rings. The van der Waals surface area contributed by atoms with Crippen molar-refractivity contribution in [3.63, 3.8) is 0 Å². The normalized spacial score (nSPS) is 15.0. The van der Waals surface area contributed by atoms with Crippen LogP contribution in [0.2, 0.25) is 0 Å². The number of carboxylic acid groups (broad SMARTS) is 1. The minimum absolute atomic E-state index is 0.137. The maximum Gasteiger partial charge on any atom is 0.322 e. The third-order valence-electron chi connectivity index (χ3n) is 4.55. The number of aromatic nitrogens is 3. The number of carboxylic acids is 1. The van der Waals surface area contributed by atoms with Crippen molar-refractivity contribution in [3.8, 4) is 0 Å². The fourth-order valence-electron chi connectivity index (χ4n) is 3.35. The number of aromatic amines is 1. The van der Waals surface area contributed by atoms with E-state index >= 15 is 0 Å². The van der Waals surface area contributed by atoms with Crippen LogP contribution in [0.15, 0.2) is 17.2 Å². The van der Waals surface area contributed by atoms with Gasteiger partial charge in [-0.1, -0.05) is 25.7 Å². The van der Waals surface area contributed by atoms with Crippen LogP contribution in [0.25, 0.3) is 5.65 Å². The number of carbonyl (C=O) groups excluding carboxylic acids is 1. The summed E-state index contributed by atoms with van der Waals surface area (Å²) in [5, 5.41) is 13.8.